The van der Waals surface area contributed by atoms with Gasteiger partial charge in [0.05, 0.1) is 10.5 Å². The molecule has 2 aliphatic heterocycles. The van der Waals surface area contributed by atoms with Gasteiger partial charge in [0.2, 0.25) is 0 Å². The molecule has 0 bridgehead atoms. The summed E-state index contributed by atoms with van der Waals surface area (Å²) < 4.78 is 2.12. The number of nitrogens with zero attached hydrogens (tertiary/aromatic N) is 4. The summed E-state index contributed by atoms with van der Waals surface area (Å²) in [5, 5.41) is 0. The number of aromatic nitrogens is 2. The topological polar surface area (TPSA) is 57.9 Å². The lowest BCUT2D eigenvalue weighted by molar-refractivity contribution is -0.122. The molecule has 2 aromatic rings. The fourth-order valence-electron chi connectivity index (χ4n) is 4.36. The zero-order chi connectivity index (χ0) is 22.7. The van der Waals surface area contributed by atoms with E-state index in [1.54, 1.807) is 21.6 Å². The number of thioether (sulfide) groups is 1. The van der Waals surface area contributed by atoms with Crippen LogP contribution >= 0.6 is 24.0 Å². The van der Waals surface area contributed by atoms with Crippen molar-refractivity contribution in [3.63, 3.8) is 0 Å². The second-order valence-corrected chi connectivity index (χ2v) is 10.3. The van der Waals surface area contributed by atoms with Crippen LogP contribution in [0.4, 0.5) is 5.82 Å². The highest BCUT2D eigenvalue weighted by Gasteiger charge is 2.32. The number of unbranched alkanes of at least 4 members (excludes halogenated alkanes) is 3. The minimum Gasteiger partial charge on any atom is -0.356 e. The average Bonchev–Trinajstić information content (AvgIpc) is 3.05. The van der Waals surface area contributed by atoms with E-state index in [2.05, 4.69) is 18.7 Å². The van der Waals surface area contributed by atoms with Gasteiger partial charge in [0.25, 0.3) is 11.5 Å². The SMILES string of the molecule is CCCCCCN1C(=O)C(=Cc2c(N3CCCC(C)C3)nc3ccccn3c2=O)SC1=S. The summed E-state index contributed by atoms with van der Waals surface area (Å²) in [5.41, 5.74) is 0.928. The molecule has 32 heavy (non-hydrogen) atoms. The second-order valence-electron chi connectivity index (χ2n) is 8.67. The van der Waals surface area contributed by atoms with E-state index >= 15 is 0 Å². The van der Waals surface area contributed by atoms with Crippen LogP contribution in [0.25, 0.3) is 11.7 Å². The highest BCUT2D eigenvalue weighted by molar-refractivity contribution is 8.26. The quantitative estimate of drug-likeness (QED) is 0.332. The first-order valence-corrected chi connectivity index (χ1v) is 12.7. The third-order valence-corrected chi connectivity index (χ3v) is 7.47. The number of fused-ring (bicyclic) bond motifs is 1. The molecule has 4 rings (SSSR count). The largest absolute Gasteiger partial charge is 0.356 e. The zero-order valence-electron chi connectivity index (χ0n) is 18.7. The van der Waals surface area contributed by atoms with Crippen LogP contribution in [0, 0.1) is 5.92 Å². The van der Waals surface area contributed by atoms with Gasteiger partial charge in [-0.15, -0.1) is 0 Å². The first-order chi connectivity index (χ1) is 15.5. The third kappa shape index (κ3) is 4.76. The number of carbonyl (C=O) groups is 1. The Morgan fingerprint density at radius 1 is 1.25 bits per heavy atom. The molecule has 2 fully saturated rings. The number of hydrogen-bond donors (Lipinski definition) is 0. The fourth-order valence-corrected chi connectivity index (χ4v) is 5.65. The molecule has 1 unspecified atom stereocenters. The first-order valence-electron chi connectivity index (χ1n) is 11.5. The lowest BCUT2D eigenvalue weighted by atomic mass is 10.00. The number of piperidine rings is 1. The Morgan fingerprint density at radius 2 is 2.09 bits per heavy atom. The lowest BCUT2D eigenvalue weighted by Gasteiger charge is -2.32. The van der Waals surface area contributed by atoms with Crippen LogP contribution in [0.1, 0.15) is 57.9 Å². The molecule has 8 heteroatoms. The summed E-state index contributed by atoms with van der Waals surface area (Å²) in [7, 11) is 0. The lowest BCUT2D eigenvalue weighted by Crippen LogP contribution is -2.37. The van der Waals surface area contributed by atoms with Crippen LogP contribution < -0.4 is 10.5 Å². The van der Waals surface area contributed by atoms with Crippen molar-refractivity contribution in [1.29, 1.82) is 0 Å². The van der Waals surface area contributed by atoms with Gasteiger partial charge in [0.15, 0.2) is 0 Å². The van der Waals surface area contributed by atoms with Crippen LogP contribution in [-0.4, -0.2) is 44.1 Å². The maximum absolute atomic E-state index is 13.5. The van der Waals surface area contributed by atoms with E-state index in [1.165, 1.54) is 18.2 Å². The molecule has 0 spiro atoms. The van der Waals surface area contributed by atoms with Gasteiger partial charge in [-0.2, -0.15) is 0 Å². The number of rotatable bonds is 7. The predicted molar refractivity (Wildman–Crippen MR) is 136 cm³/mol. The zero-order valence-corrected chi connectivity index (χ0v) is 20.4. The Hall–Kier alpha value is -2.19. The van der Waals surface area contributed by atoms with E-state index in [0.717, 1.165) is 45.2 Å². The maximum Gasteiger partial charge on any atom is 0.267 e. The molecule has 0 saturated carbocycles. The van der Waals surface area contributed by atoms with E-state index in [0.29, 0.717) is 38.7 Å². The van der Waals surface area contributed by atoms with Gasteiger partial charge in [0.1, 0.15) is 15.8 Å². The minimum atomic E-state index is -0.156. The Morgan fingerprint density at radius 3 is 2.88 bits per heavy atom. The van der Waals surface area contributed by atoms with Crippen molar-refractivity contribution in [3.05, 3.63) is 45.2 Å². The number of thiocarbonyl (C=S) groups is 1. The molecule has 2 aromatic heterocycles. The summed E-state index contributed by atoms with van der Waals surface area (Å²) in [5.74, 6) is 1.10. The molecule has 2 aliphatic rings. The van der Waals surface area contributed by atoms with Crippen LogP contribution in [0.15, 0.2) is 34.1 Å². The predicted octanol–water partition coefficient (Wildman–Crippen LogP) is 4.71. The summed E-state index contributed by atoms with van der Waals surface area (Å²) in [6.45, 7) is 6.74. The number of amides is 1. The number of hydrogen-bond acceptors (Lipinski definition) is 6. The first kappa shape index (κ1) is 23.0. The van der Waals surface area contributed by atoms with Crippen LogP contribution in [-0.2, 0) is 4.79 Å². The highest BCUT2D eigenvalue weighted by Crippen LogP contribution is 2.34. The third-order valence-electron chi connectivity index (χ3n) is 6.09. The Kier molecular flexibility index (Phi) is 7.30. The molecular weight excluding hydrogens is 440 g/mol. The Labute approximate surface area is 198 Å². The monoisotopic (exact) mass is 470 g/mol. The van der Waals surface area contributed by atoms with Crippen molar-refractivity contribution in [2.45, 2.75) is 52.4 Å². The van der Waals surface area contributed by atoms with Crippen LogP contribution in [0.3, 0.4) is 0 Å². The van der Waals surface area contributed by atoms with Gasteiger partial charge >= 0.3 is 0 Å². The molecule has 0 radical (unpaired) electrons. The highest BCUT2D eigenvalue weighted by atomic mass is 32.2. The summed E-state index contributed by atoms with van der Waals surface area (Å²) in [6.07, 6.45) is 10.0. The van der Waals surface area contributed by atoms with Gasteiger partial charge in [-0.05, 0) is 43.4 Å². The van der Waals surface area contributed by atoms with E-state index in [4.69, 9.17) is 17.2 Å². The molecule has 0 aliphatic carbocycles. The molecular formula is C24H30N4O2S2. The van der Waals surface area contributed by atoms with Crippen LogP contribution in [0.2, 0.25) is 0 Å². The molecule has 0 aromatic carbocycles. The fraction of sp³-hybridized carbons (Fsp3) is 0.500. The van der Waals surface area contributed by atoms with Gasteiger partial charge < -0.3 is 4.90 Å². The van der Waals surface area contributed by atoms with Crippen molar-refractivity contribution >= 4 is 51.7 Å². The molecule has 1 amide bonds. The van der Waals surface area contributed by atoms with Gasteiger partial charge in [0, 0.05) is 25.8 Å². The molecule has 6 nitrogen and oxygen atoms in total. The molecule has 0 N–H and O–H groups in total. The van der Waals surface area contributed by atoms with E-state index in [9.17, 15) is 9.59 Å². The van der Waals surface area contributed by atoms with E-state index in [-0.39, 0.29) is 11.5 Å². The number of carbonyl (C=O) groups excluding carboxylic acids is 1. The van der Waals surface area contributed by atoms with Crippen molar-refractivity contribution < 1.29 is 4.79 Å². The van der Waals surface area contributed by atoms with Crippen molar-refractivity contribution in [2.24, 2.45) is 5.92 Å². The molecule has 4 heterocycles. The van der Waals surface area contributed by atoms with Crippen molar-refractivity contribution in [3.8, 4) is 0 Å². The summed E-state index contributed by atoms with van der Waals surface area (Å²) >= 11 is 6.77. The van der Waals surface area contributed by atoms with Crippen molar-refractivity contribution in [1.82, 2.24) is 14.3 Å². The Balaban J connectivity index is 1.71. The average molecular weight is 471 g/mol. The number of anilines is 1. The summed E-state index contributed by atoms with van der Waals surface area (Å²) in [6, 6.07) is 5.55. The normalized spacial score (nSPS) is 20.7. The van der Waals surface area contributed by atoms with Gasteiger partial charge in [-0.3, -0.25) is 18.9 Å². The van der Waals surface area contributed by atoms with E-state index in [1.807, 2.05) is 18.2 Å². The number of pyridine rings is 1. The smallest absolute Gasteiger partial charge is 0.267 e. The minimum absolute atomic E-state index is 0.105. The van der Waals surface area contributed by atoms with E-state index < -0.39 is 0 Å². The van der Waals surface area contributed by atoms with Gasteiger partial charge in [-0.1, -0.05) is 63.2 Å². The standard InChI is InChI=1S/C24H30N4O2S2/c1-3-4-5-7-14-28-23(30)19(32-24(28)31)15-18-21(26-12-9-10-17(2)16-26)25-20-11-6-8-13-27(20)22(18)29/h6,8,11,13,15,17H,3-5,7,9-10,12,14,16H2,1-2H3. The molecule has 170 valence electrons. The van der Waals surface area contributed by atoms with Crippen LogP contribution in [0.5, 0.6) is 0 Å². The second kappa shape index (κ2) is 10.2. The Bertz CT molecular complexity index is 1110. The van der Waals surface area contributed by atoms with Gasteiger partial charge in [-0.25, -0.2) is 4.98 Å². The van der Waals surface area contributed by atoms with Crippen molar-refractivity contribution in [2.75, 3.05) is 24.5 Å². The molecule has 1 atom stereocenters. The molecule has 2 saturated heterocycles. The summed E-state index contributed by atoms with van der Waals surface area (Å²) in [4.78, 5) is 35.8. The maximum atomic E-state index is 13.5.